The molecular formula is C21H28ClN3O3. The second kappa shape index (κ2) is 9.92. The van der Waals surface area contributed by atoms with Crippen LogP contribution >= 0.6 is 11.6 Å². The summed E-state index contributed by atoms with van der Waals surface area (Å²) >= 11 is 6.07. The van der Waals surface area contributed by atoms with E-state index < -0.39 is 0 Å². The molecule has 0 radical (unpaired) electrons. The van der Waals surface area contributed by atoms with Crippen LogP contribution in [-0.4, -0.2) is 60.2 Å². The van der Waals surface area contributed by atoms with Gasteiger partial charge in [-0.25, -0.2) is 0 Å². The Labute approximate surface area is 171 Å². The molecule has 0 bridgehead atoms. The zero-order chi connectivity index (χ0) is 19.9. The van der Waals surface area contributed by atoms with Crippen LogP contribution < -0.4 is 5.32 Å². The lowest BCUT2D eigenvalue weighted by Gasteiger charge is -2.33. The van der Waals surface area contributed by atoms with Crippen molar-refractivity contribution >= 4 is 29.3 Å². The van der Waals surface area contributed by atoms with Crippen LogP contribution in [0, 0.1) is 5.92 Å². The highest BCUT2D eigenvalue weighted by Gasteiger charge is 2.25. The van der Waals surface area contributed by atoms with Gasteiger partial charge in [0.1, 0.15) is 0 Å². The van der Waals surface area contributed by atoms with Crippen LogP contribution in [-0.2, 0) is 9.59 Å². The van der Waals surface area contributed by atoms with E-state index in [2.05, 4.69) is 5.32 Å². The molecule has 3 rings (SSSR count). The Balaban J connectivity index is 1.40. The van der Waals surface area contributed by atoms with Gasteiger partial charge in [-0.15, -0.1) is 0 Å². The van der Waals surface area contributed by atoms with Gasteiger partial charge in [0.25, 0.3) is 5.91 Å². The highest BCUT2D eigenvalue weighted by molar-refractivity contribution is 6.33. The molecule has 7 heteroatoms. The largest absolute Gasteiger partial charge is 0.352 e. The second-order valence-corrected chi connectivity index (χ2v) is 8.03. The van der Waals surface area contributed by atoms with Gasteiger partial charge in [0.05, 0.1) is 10.6 Å². The Bertz CT molecular complexity index is 725. The molecule has 0 aromatic heterocycles. The highest BCUT2D eigenvalue weighted by atomic mass is 35.5. The predicted octanol–water partition coefficient (Wildman–Crippen LogP) is 2.71. The maximum Gasteiger partial charge on any atom is 0.252 e. The van der Waals surface area contributed by atoms with Gasteiger partial charge in [-0.3, -0.25) is 14.4 Å². The summed E-state index contributed by atoms with van der Waals surface area (Å²) < 4.78 is 0. The summed E-state index contributed by atoms with van der Waals surface area (Å²) in [6.45, 7) is 3.48. The standard InChI is InChI=1S/C21H28ClN3O3/c22-18-8-2-1-7-17(18)21(28)23-14-16-6-3-13-25(15-16)20(27)10-5-12-24-11-4-9-19(24)26/h1-2,7-8,16H,3-6,9-15H2,(H,23,28)/t16-/m0/s1. The first-order valence-electron chi connectivity index (χ1n) is 10.1. The molecule has 1 aromatic rings. The number of nitrogens with one attached hydrogen (secondary N) is 1. The van der Waals surface area contributed by atoms with Crippen LogP contribution in [0.2, 0.25) is 5.02 Å². The molecule has 1 N–H and O–H groups in total. The Kier molecular flexibility index (Phi) is 7.31. The predicted molar refractivity (Wildman–Crippen MR) is 108 cm³/mol. The fourth-order valence-corrected chi connectivity index (χ4v) is 4.18. The summed E-state index contributed by atoms with van der Waals surface area (Å²) in [7, 11) is 0. The van der Waals surface area contributed by atoms with Crippen molar-refractivity contribution in [1.29, 1.82) is 0 Å². The number of benzene rings is 1. The van der Waals surface area contributed by atoms with E-state index in [1.54, 1.807) is 24.3 Å². The Morgan fingerprint density at radius 2 is 2.00 bits per heavy atom. The summed E-state index contributed by atoms with van der Waals surface area (Å²) in [6.07, 6.45) is 4.71. The van der Waals surface area contributed by atoms with Crippen molar-refractivity contribution in [2.24, 2.45) is 5.92 Å². The number of nitrogens with zero attached hydrogens (tertiary/aromatic N) is 2. The zero-order valence-electron chi connectivity index (χ0n) is 16.2. The van der Waals surface area contributed by atoms with Crippen LogP contribution in [0.25, 0.3) is 0 Å². The first-order chi connectivity index (χ1) is 13.5. The minimum atomic E-state index is -0.177. The molecule has 0 saturated carbocycles. The third-order valence-electron chi connectivity index (χ3n) is 5.53. The Morgan fingerprint density at radius 1 is 1.18 bits per heavy atom. The van der Waals surface area contributed by atoms with Gasteiger partial charge in [0.15, 0.2) is 0 Å². The third kappa shape index (κ3) is 5.47. The smallest absolute Gasteiger partial charge is 0.252 e. The first kappa shape index (κ1) is 20.6. The van der Waals surface area contributed by atoms with E-state index in [4.69, 9.17) is 11.6 Å². The lowest BCUT2D eigenvalue weighted by molar-refractivity contribution is -0.134. The third-order valence-corrected chi connectivity index (χ3v) is 5.86. The minimum absolute atomic E-state index is 0.147. The summed E-state index contributed by atoms with van der Waals surface area (Å²) in [5.74, 6) is 0.433. The van der Waals surface area contributed by atoms with Gasteiger partial charge in [-0.05, 0) is 43.7 Å². The van der Waals surface area contributed by atoms with Gasteiger partial charge < -0.3 is 15.1 Å². The van der Waals surface area contributed by atoms with Crippen LogP contribution in [0.3, 0.4) is 0 Å². The lowest BCUT2D eigenvalue weighted by atomic mass is 9.97. The molecule has 2 saturated heterocycles. The number of carbonyl (C=O) groups excluding carboxylic acids is 3. The minimum Gasteiger partial charge on any atom is -0.352 e. The van der Waals surface area contributed by atoms with E-state index in [0.717, 1.165) is 38.8 Å². The average Bonchev–Trinajstić information content (AvgIpc) is 3.11. The van der Waals surface area contributed by atoms with Gasteiger partial charge in [-0.2, -0.15) is 0 Å². The summed E-state index contributed by atoms with van der Waals surface area (Å²) in [6, 6.07) is 6.99. The van der Waals surface area contributed by atoms with E-state index in [1.165, 1.54) is 0 Å². The van der Waals surface area contributed by atoms with Crippen LogP contribution in [0.4, 0.5) is 0 Å². The maximum absolute atomic E-state index is 12.5. The highest BCUT2D eigenvalue weighted by Crippen LogP contribution is 2.19. The molecule has 1 aromatic carbocycles. The fourth-order valence-electron chi connectivity index (χ4n) is 3.96. The molecule has 1 atom stereocenters. The molecule has 0 spiro atoms. The van der Waals surface area contributed by atoms with Crippen molar-refractivity contribution < 1.29 is 14.4 Å². The molecule has 2 aliphatic rings. The molecule has 152 valence electrons. The van der Waals surface area contributed by atoms with Gasteiger partial charge >= 0.3 is 0 Å². The van der Waals surface area contributed by atoms with Crippen LogP contribution in [0.5, 0.6) is 0 Å². The van der Waals surface area contributed by atoms with E-state index in [9.17, 15) is 14.4 Å². The number of piperidine rings is 1. The summed E-state index contributed by atoms with van der Waals surface area (Å²) in [5, 5.41) is 3.39. The van der Waals surface area contributed by atoms with Crippen molar-refractivity contribution in [2.45, 2.75) is 38.5 Å². The van der Waals surface area contributed by atoms with Gasteiger partial charge in [0.2, 0.25) is 11.8 Å². The Morgan fingerprint density at radius 3 is 2.75 bits per heavy atom. The normalized spacial score (nSPS) is 19.8. The van der Waals surface area contributed by atoms with Crippen LogP contribution in [0.1, 0.15) is 48.9 Å². The number of amides is 3. The van der Waals surface area contributed by atoms with Crippen molar-refractivity contribution in [3.63, 3.8) is 0 Å². The van der Waals surface area contributed by atoms with Crippen molar-refractivity contribution in [2.75, 3.05) is 32.7 Å². The summed E-state index contributed by atoms with van der Waals surface area (Å²) in [4.78, 5) is 40.2. The van der Waals surface area contributed by atoms with Gasteiger partial charge in [-0.1, -0.05) is 23.7 Å². The molecule has 2 heterocycles. The molecule has 0 unspecified atom stereocenters. The fraction of sp³-hybridized carbons (Fsp3) is 0.571. The average molecular weight is 406 g/mol. The zero-order valence-corrected chi connectivity index (χ0v) is 16.9. The van der Waals surface area contributed by atoms with E-state index in [-0.39, 0.29) is 23.6 Å². The first-order valence-corrected chi connectivity index (χ1v) is 10.5. The maximum atomic E-state index is 12.5. The van der Waals surface area contributed by atoms with Crippen molar-refractivity contribution in [3.8, 4) is 0 Å². The van der Waals surface area contributed by atoms with Crippen molar-refractivity contribution in [3.05, 3.63) is 34.9 Å². The summed E-state index contributed by atoms with van der Waals surface area (Å²) in [5.41, 5.74) is 0.476. The number of carbonyl (C=O) groups is 3. The number of likely N-dealkylation sites (tertiary alicyclic amines) is 2. The molecule has 6 nitrogen and oxygen atoms in total. The quantitative estimate of drug-likeness (QED) is 0.758. The van der Waals surface area contributed by atoms with Crippen LogP contribution in [0.15, 0.2) is 24.3 Å². The number of hydrogen-bond donors (Lipinski definition) is 1. The molecule has 2 aliphatic heterocycles. The monoisotopic (exact) mass is 405 g/mol. The van der Waals surface area contributed by atoms with E-state index in [0.29, 0.717) is 43.1 Å². The van der Waals surface area contributed by atoms with Crippen molar-refractivity contribution in [1.82, 2.24) is 15.1 Å². The number of halogens is 1. The lowest BCUT2D eigenvalue weighted by Crippen LogP contribution is -2.43. The SMILES string of the molecule is O=C(NC[C@@H]1CCCN(C(=O)CCCN2CCCC2=O)C1)c1ccccc1Cl. The molecule has 3 amide bonds. The second-order valence-electron chi connectivity index (χ2n) is 7.63. The Hall–Kier alpha value is -2.08. The topological polar surface area (TPSA) is 69.7 Å². The number of hydrogen-bond acceptors (Lipinski definition) is 3. The number of rotatable bonds is 7. The molecular weight excluding hydrogens is 378 g/mol. The molecule has 28 heavy (non-hydrogen) atoms. The van der Waals surface area contributed by atoms with E-state index in [1.807, 2.05) is 9.80 Å². The van der Waals surface area contributed by atoms with E-state index >= 15 is 0 Å². The molecule has 0 aliphatic carbocycles. The molecule has 2 fully saturated rings. The van der Waals surface area contributed by atoms with Gasteiger partial charge in [0, 0.05) is 45.6 Å².